The third-order valence-corrected chi connectivity index (χ3v) is 3.83. The Morgan fingerprint density at radius 1 is 1.53 bits per heavy atom. The normalized spacial score (nSPS) is 10.7. The lowest BCUT2D eigenvalue weighted by molar-refractivity contribution is 0.0710. The highest BCUT2D eigenvalue weighted by molar-refractivity contribution is 7.12. The quantitative estimate of drug-likeness (QED) is 0.875. The number of aliphatic hydroxyl groups is 1. The van der Waals surface area contributed by atoms with Crippen LogP contribution in [0.3, 0.4) is 0 Å². The number of aryl methyl sites for hydroxylation is 2. The Kier molecular flexibility index (Phi) is 4.34. The van der Waals surface area contributed by atoms with Crippen LogP contribution in [0.4, 0.5) is 0 Å². The molecule has 0 radical (unpaired) electrons. The number of carbonyl (C=O) groups excluding carboxylic acids is 1. The highest BCUT2D eigenvalue weighted by atomic mass is 32.1. The van der Waals surface area contributed by atoms with Crippen LogP contribution in [0.5, 0.6) is 0 Å². The zero-order valence-electron chi connectivity index (χ0n) is 11.0. The molecular formula is C13H17N3O2S. The third kappa shape index (κ3) is 3.21. The Morgan fingerprint density at radius 3 is 2.84 bits per heavy atom. The molecule has 0 bridgehead atoms. The molecule has 2 aromatic rings. The molecule has 0 unspecified atom stereocenters. The van der Waals surface area contributed by atoms with Crippen molar-refractivity contribution in [1.82, 2.24) is 14.9 Å². The van der Waals surface area contributed by atoms with Crippen LogP contribution >= 0.6 is 11.3 Å². The zero-order valence-corrected chi connectivity index (χ0v) is 11.8. The number of aliphatic hydroxyl groups excluding tert-OH is 1. The van der Waals surface area contributed by atoms with Crippen molar-refractivity contribution in [2.45, 2.75) is 20.4 Å². The second kappa shape index (κ2) is 5.99. The van der Waals surface area contributed by atoms with Gasteiger partial charge in [0.2, 0.25) is 0 Å². The average molecular weight is 279 g/mol. The number of thiophene rings is 1. The van der Waals surface area contributed by atoms with Gasteiger partial charge < -0.3 is 15.0 Å². The van der Waals surface area contributed by atoms with E-state index >= 15 is 0 Å². The van der Waals surface area contributed by atoms with Crippen LogP contribution < -0.4 is 0 Å². The lowest BCUT2D eigenvalue weighted by Crippen LogP contribution is -2.33. The van der Waals surface area contributed by atoms with Crippen LogP contribution in [0.25, 0.3) is 0 Å². The number of imidazole rings is 1. The molecule has 6 heteroatoms. The topological polar surface area (TPSA) is 69.2 Å². The van der Waals surface area contributed by atoms with Gasteiger partial charge in [-0.2, -0.15) is 0 Å². The van der Waals surface area contributed by atoms with Crippen LogP contribution in [-0.4, -0.2) is 39.0 Å². The van der Waals surface area contributed by atoms with E-state index in [0.29, 0.717) is 13.1 Å². The zero-order chi connectivity index (χ0) is 13.8. The van der Waals surface area contributed by atoms with Crippen molar-refractivity contribution in [3.05, 3.63) is 39.6 Å². The fraction of sp³-hybridized carbons (Fsp3) is 0.385. The second-order valence-corrected chi connectivity index (χ2v) is 5.29. The van der Waals surface area contributed by atoms with Gasteiger partial charge in [0.05, 0.1) is 29.9 Å². The maximum atomic E-state index is 12.4. The summed E-state index contributed by atoms with van der Waals surface area (Å²) < 4.78 is 0. The molecule has 2 rings (SSSR count). The summed E-state index contributed by atoms with van der Waals surface area (Å²) in [6, 6.07) is 1.93. The van der Waals surface area contributed by atoms with Crippen LogP contribution in [-0.2, 0) is 6.54 Å². The first-order chi connectivity index (χ1) is 9.11. The number of carbonyl (C=O) groups is 1. The fourth-order valence-electron chi connectivity index (χ4n) is 1.87. The molecule has 0 fully saturated rings. The molecule has 2 N–H and O–H groups in total. The molecule has 0 saturated carbocycles. The van der Waals surface area contributed by atoms with Gasteiger partial charge in [0.25, 0.3) is 5.91 Å². The van der Waals surface area contributed by atoms with Gasteiger partial charge in [-0.05, 0) is 30.9 Å². The molecule has 0 aliphatic heterocycles. The lowest BCUT2D eigenvalue weighted by Gasteiger charge is -2.20. The number of amides is 1. The Bertz CT molecular complexity index is 562. The highest BCUT2D eigenvalue weighted by Gasteiger charge is 2.19. The smallest absolute Gasteiger partial charge is 0.264 e. The van der Waals surface area contributed by atoms with E-state index < -0.39 is 0 Å². The maximum absolute atomic E-state index is 12.4. The van der Waals surface area contributed by atoms with Crippen molar-refractivity contribution in [2.75, 3.05) is 13.2 Å². The molecule has 19 heavy (non-hydrogen) atoms. The summed E-state index contributed by atoms with van der Waals surface area (Å²) in [4.78, 5) is 22.0. The standard InChI is InChI=1S/C13H17N3O2S/c1-9-3-6-19-12(9)13(18)16(4-5-17)8-11-7-14-10(2)15-11/h3,6-7,17H,4-5,8H2,1-2H3,(H,14,15). The molecule has 2 heterocycles. The van der Waals surface area contributed by atoms with Gasteiger partial charge in [0, 0.05) is 6.54 Å². The summed E-state index contributed by atoms with van der Waals surface area (Å²) in [5.41, 5.74) is 1.84. The van der Waals surface area contributed by atoms with Gasteiger partial charge in [-0.1, -0.05) is 0 Å². The predicted octanol–water partition coefficient (Wildman–Crippen LogP) is 1.72. The second-order valence-electron chi connectivity index (χ2n) is 4.38. The van der Waals surface area contributed by atoms with Gasteiger partial charge in [0.1, 0.15) is 5.82 Å². The average Bonchev–Trinajstić information content (AvgIpc) is 2.97. The van der Waals surface area contributed by atoms with E-state index in [1.807, 2.05) is 25.3 Å². The Hall–Kier alpha value is -1.66. The number of H-pyrrole nitrogens is 1. The monoisotopic (exact) mass is 279 g/mol. The number of nitrogens with one attached hydrogen (secondary N) is 1. The van der Waals surface area contributed by atoms with E-state index in [0.717, 1.165) is 22.0 Å². The van der Waals surface area contributed by atoms with E-state index in [-0.39, 0.29) is 12.5 Å². The van der Waals surface area contributed by atoms with E-state index in [1.165, 1.54) is 11.3 Å². The lowest BCUT2D eigenvalue weighted by atomic mass is 10.2. The number of nitrogens with zero attached hydrogens (tertiary/aromatic N) is 2. The molecule has 0 atom stereocenters. The maximum Gasteiger partial charge on any atom is 0.264 e. The molecule has 102 valence electrons. The van der Waals surface area contributed by atoms with Gasteiger partial charge in [-0.25, -0.2) is 4.98 Å². The minimum Gasteiger partial charge on any atom is -0.395 e. The summed E-state index contributed by atoms with van der Waals surface area (Å²) in [5, 5.41) is 11.0. The van der Waals surface area contributed by atoms with E-state index in [4.69, 9.17) is 5.11 Å². The summed E-state index contributed by atoms with van der Waals surface area (Å²) in [6.45, 7) is 4.47. The van der Waals surface area contributed by atoms with Gasteiger partial charge in [-0.15, -0.1) is 11.3 Å². The first kappa shape index (κ1) is 13.8. The van der Waals surface area contributed by atoms with E-state index in [9.17, 15) is 4.79 Å². The number of hydrogen-bond donors (Lipinski definition) is 2. The van der Waals surface area contributed by atoms with Crippen molar-refractivity contribution in [2.24, 2.45) is 0 Å². The van der Waals surface area contributed by atoms with Crippen LogP contribution in [0.15, 0.2) is 17.6 Å². The summed E-state index contributed by atoms with van der Waals surface area (Å²) in [6.07, 6.45) is 1.72. The number of aromatic amines is 1. The SMILES string of the molecule is Cc1ncc(CN(CCO)C(=O)c2sccc2C)[nH]1. The van der Waals surface area contributed by atoms with Crippen molar-refractivity contribution in [3.63, 3.8) is 0 Å². The molecule has 0 spiro atoms. The number of rotatable bonds is 5. The minimum atomic E-state index is -0.0523. The van der Waals surface area contributed by atoms with Crippen molar-refractivity contribution >= 4 is 17.2 Å². The van der Waals surface area contributed by atoms with Crippen LogP contribution in [0.1, 0.15) is 26.8 Å². The molecule has 5 nitrogen and oxygen atoms in total. The van der Waals surface area contributed by atoms with Crippen molar-refractivity contribution in [1.29, 1.82) is 0 Å². The predicted molar refractivity (Wildman–Crippen MR) is 74.2 cm³/mol. The first-order valence-electron chi connectivity index (χ1n) is 6.06. The molecule has 0 aliphatic rings. The summed E-state index contributed by atoms with van der Waals surface area (Å²) >= 11 is 1.43. The summed E-state index contributed by atoms with van der Waals surface area (Å²) in [5.74, 6) is 0.771. The largest absolute Gasteiger partial charge is 0.395 e. The molecular weight excluding hydrogens is 262 g/mol. The Morgan fingerprint density at radius 2 is 2.32 bits per heavy atom. The Balaban J connectivity index is 2.16. The van der Waals surface area contributed by atoms with E-state index in [2.05, 4.69) is 9.97 Å². The number of aromatic nitrogens is 2. The number of hydrogen-bond acceptors (Lipinski definition) is 4. The Labute approximate surface area is 115 Å². The molecule has 2 aromatic heterocycles. The van der Waals surface area contributed by atoms with Crippen LogP contribution in [0, 0.1) is 13.8 Å². The third-order valence-electron chi connectivity index (χ3n) is 2.83. The fourth-order valence-corrected chi connectivity index (χ4v) is 2.76. The van der Waals surface area contributed by atoms with Gasteiger partial charge >= 0.3 is 0 Å². The van der Waals surface area contributed by atoms with Crippen LogP contribution in [0.2, 0.25) is 0 Å². The molecule has 0 aromatic carbocycles. The molecule has 1 amide bonds. The summed E-state index contributed by atoms with van der Waals surface area (Å²) in [7, 11) is 0. The first-order valence-corrected chi connectivity index (χ1v) is 6.94. The van der Waals surface area contributed by atoms with Crippen molar-refractivity contribution < 1.29 is 9.90 Å². The minimum absolute atomic E-state index is 0.0474. The van der Waals surface area contributed by atoms with Gasteiger partial charge in [-0.3, -0.25) is 4.79 Å². The van der Waals surface area contributed by atoms with Gasteiger partial charge in [0.15, 0.2) is 0 Å². The highest BCUT2D eigenvalue weighted by Crippen LogP contribution is 2.18. The molecule has 0 aliphatic carbocycles. The van der Waals surface area contributed by atoms with Crippen molar-refractivity contribution in [3.8, 4) is 0 Å². The molecule has 0 saturated heterocycles. The van der Waals surface area contributed by atoms with E-state index in [1.54, 1.807) is 11.1 Å².